The summed E-state index contributed by atoms with van der Waals surface area (Å²) in [7, 11) is 0. The Bertz CT molecular complexity index is 148. The van der Waals surface area contributed by atoms with Crippen LogP contribution in [0.5, 0.6) is 0 Å². The minimum atomic E-state index is -1.88. The molecule has 2 unspecified atom stereocenters. The molecule has 0 aromatic rings. The summed E-state index contributed by atoms with van der Waals surface area (Å²) in [6.45, 7) is 9.14. The van der Waals surface area contributed by atoms with Crippen molar-refractivity contribution in [2.24, 2.45) is 5.92 Å². The molecule has 0 aliphatic rings. The van der Waals surface area contributed by atoms with Gasteiger partial charge in [0.05, 0.1) is 0 Å². The molecule has 4 heteroatoms. The molecule has 1 N–H and O–H groups in total. The molecule has 0 aliphatic heterocycles. The van der Waals surface area contributed by atoms with E-state index >= 15 is 0 Å². The molecule has 2 atom stereocenters. The van der Waals surface area contributed by atoms with Gasteiger partial charge in [-0.1, -0.05) is 0 Å². The van der Waals surface area contributed by atoms with Crippen molar-refractivity contribution in [3.8, 4) is 0 Å². The number of rotatable bonds is 8. The van der Waals surface area contributed by atoms with Crippen LogP contribution in [0.4, 0.5) is 0 Å². The maximum absolute atomic E-state index is 4.37. The number of hydrogen-bond donors (Lipinski definition) is 2. The van der Waals surface area contributed by atoms with Gasteiger partial charge in [0.25, 0.3) is 0 Å². The zero-order valence-electron chi connectivity index (χ0n) is 9.65. The third-order valence-electron chi connectivity index (χ3n) is 2.65. The average molecular weight is 389 g/mol. The third-order valence-corrected chi connectivity index (χ3v) is 23.6. The van der Waals surface area contributed by atoms with Crippen LogP contribution in [0, 0.1) is 5.92 Å². The SMILES string of the molecule is CCNCC(C)[CH2][Sn]([Br])([CH2]C)[CH2]CS. The Hall–Kier alpha value is 1.59. The van der Waals surface area contributed by atoms with Crippen LogP contribution in [0.3, 0.4) is 0 Å². The molecule has 0 radical (unpaired) electrons. The summed E-state index contributed by atoms with van der Waals surface area (Å²) in [4.78, 5) is 0. The molecule has 0 saturated heterocycles. The molecule has 0 fully saturated rings. The monoisotopic (exact) mass is 389 g/mol. The Morgan fingerprint density at radius 2 is 2.07 bits per heavy atom. The van der Waals surface area contributed by atoms with Crippen molar-refractivity contribution in [3.63, 3.8) is 0 Å². The van der Waals surface area contributed by atoms with Crippen molar-refractivity contribution in [3.05, 3.63) is 0 Å². The van der Waals surface area contributed by atoms with Crippen molar-refractivity contribution in [1.82, 2.24) is 5.32 Å². The number of halogens is 1. The minimum absolute atomic E-state index is 0.824. The predicted molar refractivity (Wildman–Crippen MR) is 76.3 cm³/mol. The summed E-state index contributed by atoms with van der Waals surface area (Å²) in [6, 6.07) is 0. The molecule has 0 aliphatic carbocycles. The fourth-order valence-corrected chi connectivity index (χ4v) is 19.2. The van der Waals surface area contributed by atoms with E-state index in [-0.39, 0.29) is 0 Å². The van der Waals surface area contributed by atoms with Gasteiger partial charge in [0.15, 0.2) is 0 Å². The van der Waals surface area contributed by atoms with E-state index in [0.717, 1.165) is 18.2 Å². The van der Waals surface area contributed by atoms with Crippen molar-refractivity contribution in [2.75, 3.05) is 18.8 Å². The summed E-state index contributed by atoms with van der Waals surface area (Å²) in [5.74, 6) is 1.88. The van der Waals surface area contributed by atoms with Crippen molar-refractivity contribution in [2.45, 2.75) is 34.1 Å². The molecular formula is C10H24BrNSSn. The zero-order chi connectivity index (χ0) is 11.0. The number of nitrogens with one attached hydrogen (secondary N) is 1. The van der Waals surface area contributed by atoms with Gasteiger partial charge in [-0.25, -0.2) is 0 Å². The van der Waals surface area contributed by atoms with Gasteiger partial charge in [-0.15, -0.1) is 0 Å². The van der Waals surface area contributed by atoms with E-state index in [4.69, 9.17) is 0 Å². The summed E-state index contributed by atoms with van der Waals surface area (Å²) in [5, 5.41) is 3.43. The molecule has 0 aromatic carbocycles. The normalized spacial score (nSPS) is 17.8. The van der Waals surface area contributed by atoms with Crippen molar-refractivity contribution < 1.29 is 0 Å². The van der Waals surface area contributed by atoms with E-state index in [2.05, 4.69) is 51.4 Å². The molecule has 0 spiro atoms. The first-order valence-corrected chi connectivity index (χ1v) is 18.7. The van der Waals surface area contributed by atoms with E-state index in [9.17, 15) is 0 Å². The third kappa shape index (κ3) is 6.96. The summed E-state index contributed by atoms with van der Waals surface area (Å²) in [6.07, 6.45) is 0. The second-order valence-corrected chi connectivity index (χ2v) is 27.0. The van der Waals surface area contributed by atoms with Crippen LogP contribution in [-0.4, -0.2) is 35.0 Å². The standard InChI is InChI=1S/C6H14N.C2H5S.C2H5.BrH.Sn/c1-4-7-5-6(2)3;1-2-3;1-2;;/h6-7H,2,4-5H2,1,3H3;3H,1-2H2;1H2,2H3;1H;/q;;;;+1/p-1. The Morgan fingerprint density at radius 1 is 1.43 bits per heavy atom. The van der Waals surface area contributed by atoms with Crippen LogP contribution in [0.1, 0.15) is 20.8 Å². The molecule has 0 heterocycles. The van der Waals surface area contributed by atoms with Crippen molar-refractivity contribution >= 4 is 41.5 Å². The summed E-state index contributed by atoms with van der Waals surface area (Å²) >= 11 is 6.56. The van der Waals surface area contributed by atoms with Crippen LogP contribution in [0.2, 0.25) is 13.3 Å². The molecule has 86 valence electrons. The first kappa shape index (κ1) is 15.6. The predicted octanol–water partition coefficient (Wildman–Crippen LogP) is 3.52. The zero-order valence-corrected chi connectivity index (χ0v) is 15.0. The molecular weight excluding hydrogens is 365 g/mol. The Labute approximate surface area is 105 Å². The van der Waals surface area contributed by atoms with Crippen LogP contribution < -0.4 is 5.32 Å². The fraction of sp³-hybridized carbons (Fsp3) is 1.00. The molecule has 0 rings (SSSR count). The van der Waals surface area contributed by atoms with E-state index in [1.54, 1.807) is 0 Å². The number of hydrogen-bond acceptors (Lipinski definition) is 2. The first-order valence-electron chi connectivity index (χ1n) is 5.58. The van der Waals surface area contributed by atoms with Gasteiger partial charge in [-0.3, -0.25) is 0 Å². The van der Waals surface area contributed by atoms with Gasteiger partial charge < -0.3 is 0 Å². The van der Waals surface area contributed by atoms with E-state index in [0.29, 0.717) is 0 Å². The van der Waals surface area contributed by atoms with Gasteiger partial charge in [0, 0.05) is 0 Å². The van der Waals surface area contributed by atoms with Crippen molar-refractivity contribution in [1.29, 1.82) is 0 Å². The summed E-state index contributed by atoms with van der Waals surface area (Å²) < 4.78 is 4.20. The quantitative estimate of drug-likeness (QED) is 0.479. The Kier molecular flexibility index (Phi) is 9.70. The Balaban J connectivity index is 3.89. The van der Waals surface area contributed by atoms with E-state index in [1.165, 1.54) is 19.9 Å². The average Bonchev–Trinajstić information content (AvgIpc) is 2.15. The van der Waals surface area contributed by atoms with Crippen LogP contribution >= 0.6 is 25.3 Å². The van der Waals surface area contributed by atoms with E-state index < -0.39 is 16.2 Å². The molecule has 0 amide bonds. The molecule has 1 nitrogen and oxygen atoms in total. The molecule has 0 bridgehead atoms. The van der Waals surface area contributed by atoms with Crippen LogP contribution in [0.25, 0.3) is 0 Å². The van der Waals surface area contributed by atoms with Gasteiger partial charge in [-0.2, -0.15) is 0 Å². The Morgan fingerprint density at radius 3 is 2.50 bits per heavy atom. The first-order chi connectivity index (χ1) is 6.58. The fourth-order valence-electron chi connectivity index (χ4n) is 1.71. The second-order valence-electron chi connectivity index (χ2n) is 4.10. The molecule has 0 saturated carbocycles. The van der Waals surface area contributed by atoms with Gasteiger partial charge in [-0.05, 0) is 0 Å². The van der Waals surface area contributed by atoms with Gasteiger partial charge in [0.2, 0.25) is 0 Å². The van der Waals surface area contributed by atoms with E-state index in [1.807, 2.05) is 0 Å². The topological polar surface area (TPSA) is 12.0 Å². The second kappa shape index (κ2) is 8.71. The molecule has 0 aromatic heterocycles. The summed E-state index contributed by atoms with van der Waals surface area (Å²) in [5.41, 5.74) is 0. The van der Waals surface area contributed by atoms with Gasteiger partial charge >= 0.3 is 106 Å². The van der Waals surface area contributed by atoms with Crippen LogP contribution in [-0.2, 0) is 0 Å². The van der Waals surface area contributed by atoms with Gasteiger partial charge in [0.1, 0.15) is 0 Å². The number of thiol groups is 1. The molecule has 14 heavy (non-hydrogen) atoms. The van der Waals surface area contributed by atoms with Crippen LogP contribution in [0.15, 0.2) is 0 Å². The maximum atomic E-state index is 4.37.